The Morgan fingerprint density at radius 2 is 1.41 bits per heavy atom. The smallest absolute Gasteiger partial charge is 0.305 e. The average Bonchev–Trinajstić information content (AvgIpc) is 3.19. The average molecular weight is 383 g/mol. The third kappa shape index (κ3) is 2.84. The molecule has 4 rings (SSSR count). The molecule has 136 valence electrons. The first kappa shape index (κ1) is 17.2. The standard InChI is InChI=1S/C20H15ClN2O4/c1-10-12-6-3-4-9-15(12)26-16(10)19(24)22-23-20(25)17-11(2)13-7-5-8-14(21)18(13)27-17/h3-9H,1-2H3,(H,22,24)(H,23,25). The monoisotopic (exact) mass is 382 g/mol. The molecule has 2 aromatic heterocycles. The summed E-state index contributed by atoms with van der Waals surface area (Å²) in [4.78, 5) is 24.9. The highest BCUT2D eigenvalue weighted by molar-refractivity contribution is 6.35. The Hall–Kier alpha value is -3.25. The maximum atomic E-state index is 12.4. The molecule has 0 aliphatic rings. The van der Waals surface area contributed by atoms with Gasteiger partial charge in [0.25, 0.3) is 0 Å². The van der Waals surface area contributed by atoms with Crippen LogP contribution in [0, 0.1) is 13.8 Å². The fourth-order valence-corrected chi connectivity index (χ4v) is 3.26. The van der Waals surface area contributed by atoms with E-state index in [2.05, 4.69) is 10.9 Å². The van der Waals surface area contributed by atoms with Gasteiger partial charge in [0.15, 0.2) is 17.1 Å². The molecule has 0 unspecified atom stereocenters. The van der Waals surface area contributed by atoms with E-state index in [0.29, 0.717) is 27.3 Å². The number of carbonyl (C=O) groups excluding carboxylic acids is 2. The number of halogens is 1. The summed E-state index contributed by atoms with van der Waals surface area (Å²) in [5, 5.41) is 2.00. The van der Waals surface area contributed by atoms with Gasteiger partial charge in [0.05, 0.1) is 5.02 Å². The van der Waals surface area contributed by atoms with Gasteiger partial charge in [-0.3, -0.25) is 20.4 Å². The third-order valence-corrected chi connectivity index (χ3v) is 4.76. The summed E-state index contributed by atoms with van der Waals surface area (Å²) in [5.74, 6) is -0.911. The Morgan fingerprint density at radius 3 is 2.07 bits per heavy atom. The van der Waals surface area contributed by atoms with Gasteiger partial charge in [-0.1, -0.05) is 41.9 Å². The SMILES string of the molecule is Cc1c(C(=O)NNC(=O)c2oc3c(Cl)cccc3c2C)oc2ccccc12. The first-order chi connectivity index (χ1) is 13.0. The van der Waals surface area contributed by atoms with Crippen molar-refractivity contribution in [3.8, 4) is 0 Å². The van der Waals surface area contributed by atoms with Crippen molar-refractivity contribution in [2.45, 2.75) is 13.8 Å². The second kappa shape index (κ2) is 6.48. The predicted molar refractivity (Wildman–Crippen MR) is 102 cm³/mol. The van der Waals surface area contributed by atoms with Gasteiger partial charge in [-0.05, 0) is 26.0 Å². The number of rotatable bonds is 2. The van der Waals surface area contributed by atoms with Crippen LogP contribution in [-0.4, -0.2) is 11.8 Å². The molecule has 2 N–H and O–H groups in total. The molecule has 0 radical (unpaired) electrons. The van der Waals surface area contributed by atoms with Crippen LogP contribution in [0.1, 0.15) is 32.2 Å². The summed E-state index contributed by atoms with van der Waals surface area (Å²) < 4.78 is 11.2. The molecule has 7 heteroatoms. The van der Waals surface area contributed by atoms with Crippen molar-refractivity contribution in [2.75, 3.05) is 0 Å². The van der Waals surface area contributed by atoms with E-state index in [1.165, 1.54) is 0 Å². The van der Waals surface area contributed by atoms with Crippen molar-refractivity contribution in [3.05, 3.63) is 70.1 Å². The highest BCUT2D eigenvalue weighted by atomic mass is 35.5. The molecular weight excluding hydrogens is 368 g/mol. The maximum absolute atomic E-state index is 12.4. The number of hydrogen-bond acceptors (Lipinski definition) is 4. The lowest BCUT2D eigenvalue weighted by Crippen LogP contribution is -2.41. The second-order valence-electron chi connectivity index (χ2n) is 6.13. The van der Waals surface area contributed by atoms with Crippen LogP contribution in [0.15, 0.2) is 51.3 Å². The molecule has 0 spiro atoms. The van der Waals surface area contributed by atoms with Crippen LogP contribution in [0.4, 0.5) is 0 Å². The van der Waals surface area contributed by atoms with E-state index >= 15 is 0 Å². The number of benzene rings is 2. The van der Waals surface area contributed by atoms with Gasteiger partial charge in [-0.2, -0.15) is 0 Å². The van der Waals surface area contributed by atoms with Crippen LogP contribution in [0.25, 0.3) is 21.9 Å². The summed E-state index contributed by atoms with van der Waals surface area (Å²) in [6.07, 6.45) is 0. The molecule has 0 aliphatic carbocycles. The molecule has 6 nitrogen and oxygen atoms in total. The summed E-state index contributed by atoms with van der Waals surface area (Å²) in [5.41, 5.74) is 7.09. The van der Waals surface area contributed by atoms with E-state index < -0.39 is 11.8 Å². The lowest BCUT2D eigenvalue weighted by molar-refractivity contribution is 0.0818. The van der Waals surface area contributed by atoms with Gasteiger partial charge < -0.3 is 8.83 Å². The number of para-hydroxylation sites is 2. The fourth-order valence-electron chi connectivity index (χ4n) is 3.04. The third-order valence-electron chi connectivity index (χ3n) is 4.46. The van der Waals surface area contributed by atoms with Crippen LogP contribution in [-0.2, 0) is 0 Å². The minimum atomic E-state index is -0.582. The number of hydrogen-bond donors (Lipinski definition) is 2. The number of fused-ring (bicyclic) bond motifs is 2. The summed E-state index contributed by atoms with van der Waals surface area (Å²) in [6, 6.07) is 12.6. The van der Waals surface area contributed by atoms with Gasteiger partial charge >= 0.3 is 11.8 Å². The molecular formula is C20H15ClN2O4. The van der Waals surface area contributed by atoms with E-state index in [1.54, 1.807) is 32.0 Å². The number of furan rings is 2. The number of hydrazine groups is 1. The first-order valence-corrected chi connectivity index (χ1v) is 8.61. The molecule has 0 fully saturated rings. The van der Waals surface area contributed by atoms with Crippen molar-refractivity contribution in [2.24, 2.45) is 0 Å². The van der Waals surface area contributed by atoms with Crippen LogP contribution in [0.2, 0.25) is 5.02 Å². The Balaban J connectivity index is 1.55. The van der Waals surface area contributed by atoms with Gasteiger partial charge in [-0.15, -0.1) is 0 Å². The summed E-state index contributed by atoms with van der Waals surface area (Å²) in [6.45, 7) is 3.54. The van der Waals surface area contributed by atoms with Crippen molar-refractivity contribution in [1.82, 2.24) is 10.9 Å². The molecule has 0 saturated heterocycles. The maximum Gasteiger partial charge on any atom is 0.305 e. The van der Waals surface area contributed by atoms with Gasteiger partial charge in [0, 0.05) is 21.9 Å². The van der Waals surface area contributed by atoms with Crippen molar-refractivity contribution >= 4 is 45.4 Å². The largest absolute Gasteiger partial charge is 0.451 e. The summed E-state index contributed by atoms with van der Waals surface area (Å²) in [7, 11) is 0. The van der Waals surface area contributed by atoms with Crippen LogP contribution in [0.3, 0.4) is 0 Å². The van der Waals surface area contributed by atoms with E-state index in [0.717, 1.165) is 10.8 Å². The molecule has 0 bridgehead atoms. The van der Waals surface area contributed by atoms with Crippen LogP contribution in [0.5, 0.6) is 0 Å². The fraction of sp³-hybridized carbons (Fsp3) is 0.100. The molecule has 2 amide bonds. The summed E-state index contributed by atoms with van der Waals surface area (Å²) >= 11 is 6.10. The quantitative estimate of drug-likeness (QED) is 0.499. The first-order valence-electron chi connectivity index (χ1n) is 8.24. The van der Waals surface area contributed by atoms with Gasteiger partial charge in [-0.25, -0.2) is 0 Å². The number of aryl methyl sites for hydroxylation is 2. The highest BCUT2D eigenvalue weighted by Gasteiger charge is 2.21. The second-order valence-corrected chi connectivity index (χ2v) is 6.54. The topological polar surface area (TPSA) is 84.5 Å². The van der Waals surface area contributed by atoms with Crippen LogP contribution < -0.4 is 10.9 Å². The zero-order chi connectivity index (χ0) is 19.1. The predicted octanol–water partition coefficient (Wildman–Crippen LogP) is 4.52. The molecule has 4 aromatic rings. The lowest BCUT2D eigenvalue weighted by atomic mass is 10.1. The Morgan fingerprint density at radius 1 is 0.815 bits per heavy atom. The normalized spacial score (nSPS) is 11.1. The number of carbonyl (C=O) groups is 2. The lowest BCUT2D eigenvalue weighted by Gasteiger charge is -2.05. The van der Waals surface area contributed by atoms with Gasteiger partial charge in [0.1, 0.15) is 5.58 Å². The molecule has 27 heavy (non-hydrogen) atoms. The zero-order valence-electron chi connectivity index (χ0n) is 14.6. The molecule has 0 aliphatic heterocycles. The van der Waals surface area contributed by atoms with Gasteiger partial charge in [0.2, 0.25) is 0 Å². The Bertz CT molecular complexity index is 1210. The van der Waals surface area contributed by atoms with E-state index in [-0.39, 0.29) is 11.5 Å². The Labute approximate surface area is 159 Å². The van der Waals surface area contributed by atoms with E-state index in [1.807, 2.05) is 24.3 Å². The van der Waals surface area contributed by atoms with Crippen LogP contribution >= 0.6 is 11.6 Å². The van der Waals surface area contributed by atoms with E-state index in [9.17, 15) is 9.59 Å². The minimum Gasteiger partial charge on any atom is -0.451 e. The van der Waals surface area contributed by atoms with Crippen molar-refractivity contribution < 1.29 is 18.4 Å². The minimum absolute atomic E-state index is 0.0831. The molecule has 0 atom stereocenters. The van der Waals surface area contributed by atoms with E-state index in [4.69, 9.17) is 20.4 Å². The number of amides is 2. The number of nitrogens with one attached hydrogen (secondary N) is 2. The van der Waals surface area contributed by atoms with Crippen molar-refractivity contribution in [1.29, 1.82) is 0 Å². The Kier molecular flexibility index (Phi) is 4.12. The molecule has 2 aromatic carbocycles. The zero-order valence-corrected chi connectivity index (χ0v) is 15.3. The molecule has 2 heterocycles. The molecule has 0 saturated carbocycles. The highest BCUT2D eigenvalue weighted by Crippen LogP contribution is 2.30. The van der Waals surface area contributed by atoms with Crippen molar-refractivity contribution in [3.63, 3.8) is 0 Å².